The average molecular weight is 470 g/mol. The first kappa shape index (κ1) is 22.0. The van der Waals surface area contributed by atoms with E-state index in [9.17, 15) is 17.6 Å². The van der Waals surface area contributed by atoms with Gasteiger partial charge in [0.2, 0.25) is 5.91 Å². The van der Waals surface area contributed by atoms with Gasteiger partial charge in [0, 0.05) is 24.4 Å². The minimum Gasteiger partial charge on any atom is -0.490 e. The maximum Gasteiger partial charge on any atom is 0.216 e. The van der Waals surface area contributed by atoms with Gasteiger partial charge in [-0.15, -0.1) is 0 Å². The molecule has 1 amide bonds. The van der Waals surface area contributed by atoms with E-state index in [-0.39, 0.29) is 47.6 Å². The number of benzene rings is 2. The molecule has 31 heavy (non-hydrogen) atoms. The van der Waals surface area contributed by atoms with E-state index in [4.69, 9.17) is 16.3 Å². The van der Waals surface area contributed by atoms with Crippen LogP contribution in [0, 0.1) is 23.5 Å². The van der Waals surface area contributed by atoms with Crippen molar-refractivity contribution in [3.8, 4) is 5.75 Å². The fourth-order valence-electron chi connectivity index (χ4n) is 5.03. The molecule has 0 spiro atoms. The van der Waals surface area contributed by atoms with E-state index in [0.29, 0.717) is 17.9 Å². The Morgan fingerprint density at radius 3 is 2.55 bits per heavy atom. The lowest BCUT2D eigenvalue weighted by Gasteiger charge is -2.50. The molecule has 0 aromatic heterocycles. The summed E-state index contributed by atoms with van der Waals surface area (Å²) in [5.41, 5.74) is -0.258. The lowest BCUT2D eigenvalue weighted by Crippen LogP contribution is -2.55. The Bertz CT molecular complexity index is 1120. The van der Waals surface area contributed by atoms with E-state index < -0.39 is 32.1 Å². The van der Waals surface area contributed by atoms with Crippen LogP contribution in [0.1, 0.15) is 31.7 Å². The predicted molar refractivity (Wildman–Crippen MR) is 112 cm³/mol. The van der Waals surface area contributed by atoms with E-state index in [0.717, 1.165) is 12.1 Å². The summed E-state index contributed by atoms with van der Waals surface area (Å²) in [6, 6.07) is 7.56. The smallest absolute Gasteiger partial charge is 0.216 e. The van der Waals surface area contributed by atoms with Crippen LogP contribution in [0.15, 0.2) is 41.3 Å². The number of hydrogen-bond donors (Lipinski definition) is 1. The highest BCUT2D eigenvalue weighted by atomic mass is 35.5. The van der Waals surface area contributed by atoms with Crippen molar-refractivity contribution in [3.05, 3.63) is 58.6 Å². The molecular weight excluding hydrogens is 448 g/mol. The maximum atomic E-state index is 15.2. The molecule has 9 heteroatoms. The number of hydrogen-bond acceptors (Lipinski definition) is 4. The molecule has 3 atom stereocenters. The average Bonchev–Trinajstić information content (AvgIpc) is 2.74. The molecule has 1 aliphatic carbocycles. The van der Waals surface area contributed by atoms with Crippen LogP contribution in [0.2, 0.25) is 5.02 Å². The van der Waals surface area contributed by atoms with Crippen molar-refractivity contribution in [1.29, 1.82) is 0 Å². The Morgan fingerprint density at radius 2 is 1.87 bits per heavy atom. The van der Waals surface area contributed by atoms with Crippen molar-refractivity contribution < 1.29 is 26.7 Å². The predicted octanol–water partition coefficient (Wildman–Crippen LogP) is 4.23. The van der Waals surface area contributed by atoms with Gasteiger partial charge in [0.25, 0.3) is 0 Å². The number of rotatable bonds is 4. The third-order valence-electron chi connectivity index (χ3n) is 6.40. The molecule has 2 aliphatic rings. The van der Waals surface area contributed by atoms with Crippen LogP contribution in [0.25, 0.3) is 0 Å². The van der Waals surface area contributed by atoms with Gasteiger partial charge in [-0.25, -0.2) is 17.2 Å². The van der Waals surface area contributed by atoms with Gasteiger partial charge in [-0.1, -0.05) is 18.0 Å². The Morgan fingerprint density at radius 1 is 1.19 bits per heavy atom. The third-order valence-corrected chi connectivity index (χ3v) is 9.21. The van der Waals surface area contributed by atoms with Gasteiger partial charge >= 0.3 is 0 Å². The van der Waals surface area contributed by atoms with Gasteiger partial charge in [-0.3, -0.25) is 4.79 Å². The first-order chi connectivity index (χ1) is 14.7. The summed E-state index contributed by atoms with van der Waals surface area (Å²) in [7, 11) is -4.18. The molecule has 0 saturated heterocycles. The summed E-state index contributed by atoms with van der Waals surface area (Å²) in [6.45, 7) is 1.51. The molecule has 0 unspecified atom stereocenters. The standard InChI is InChI=1S/C22H22ClF2NO4S/c1-13(27)26-11-14-3-2-10-22(31(28,29)16-6-4-15(23)5-7-16)17(14)12-30-21-19(25)9-8-18(24)20(21)22/h4-9,14,17H,2-3,10-12H2,1H3,(H,26,27)/t14-,17-,22-/m0/s1. The van der Waals surface area contributed by atoms with Crippen molar-refractivity contribution in [2.75, 3.05) is 13.2 Å². The van der Waals surface area contributed by atoms with Crippen LogP contribution in [-0.4, -0.2) is 27.5 Å². The minimum atomic E-state index is -4.18. The van der Waals surface area contributed by atoms with Crippen LogP contribution < -0.4 is 10.1 Å². The first-order valence-corrected chi connectivity index (χ1v) is 11.9. The fourth-order valence-corrected chi connectivity index (χ4v) is 7.60. The van der Waals surface area contributed by atoms with Crippen molar-refractivity contribution in [2.24, 2.45) is 11.8 Å². The highest BCUT2D eigenvalue weighted by Gasteiger charge is 2.60. The third kappa shape index (κ3) is 3.49. The highest BCUT2D eigenvalue weighted by molar-refractivity contribution is 7.92. The van der Waals surface area contributed by atoms with Gasteiger partial charge in [-0.05, 0) is 55.2 Å². The van der Waals surface area contributed by atoms with Gasteiger partial charge in [0.05, 0.1) is 17.1 Å². The second-order valence-corrected chi connectivity index (χ2v) is 10.7. The molecule has 1 saturated carbocycles. The van der Waals surface area contributed by atoms with Crippen LogP contribution in [-0.2, 0) is 19.4 Å². The van der Waals surface area contributed by atoms with E-state index in [2.05, 4.69) is 5.32 Å². The zero-order valence-corrected chi connectivity index (χ0v) is 18.4. The molecule has 0 bridgehead atoms. The molecule has 2 aromatic carbocycles. The normalized spacial score (nSPS) is 25.2. The van der Waals surface area contributed by atoms with E-state index in [1.807, 2.05) is 0 Å². The summed E-state index contributed by atoms with van der Waals surface area (Å²) in [5, 5.41) is 3.11. The second kappa shape index (κ2) is 8.06. The number of sulfone groups is 1. The number of amides is 1. The van der Waals surface area contributed by atoms with Crippen LogP contribution >= 0.6 is 11.6 Å². The number of fused-ring (bicyclic) bond motifs is 3. The molecule has 4 rings (SSSR count). The molecule has 5 nitrogen and oxygen atoms in total. The van der Waals surface area contributed by atoms with Gasteiger partial charge < -0.3 is 10.1 Å². The summed E-state index contributed by atoms with van der Waals surface area (Å²) < 4.78 is 61.9. The lowest BCUT2D eigenvalue weighted by atomic mass is 9.67. The van der Waals surface area contributed by atoms with E-state index >= 15 is 4.39 Å². The zero-order chi connectivity index (χ0) is 22.4. The summed E-state index contributed by atoms with van der Waals surface area (Å²) in [6.07, 6.45) is 1.23. The van der Waals surface area contributed by atoms with Crippen molar-refractivity contribution in [3.63, 3.8) is 0 Å². The number of carbonyl (C=O) groups is 1. The largest absolute Gasteiger partial charge is 0.490 e. The molecule has 1 aliphatic heterocycles. The summed E-state index contributed by atoms with van der Waals surface area (Å²) >= 11 is 5.94. The van der Waals surface area contributed by atoms with Crippen molar-refractivity contribution in [1.82, 2.24) is 5.32 Å². The Kier molecular flexibility index (Phi) is 5.72. The monoisotopic (exact) mass is 469 g/mol. The lowest BCUT2D eigenvalue weighted by molar-refractivity contribution is -0.119. The van der Waals surface area contributed by atoms with Gasteiger partial charge in [0.15, 0.2) is 21.4 Å². The molecule has 1 N–H and O–H groups in total. The Labute approximate surface area is 184 Å². The van der Waals surface area contributed by atoms with Crippen molar-refractivity contribution in [2.45, 2.75) is 35.8 Å². The van der Waals surface area contributed by atoms with E-state index in [1.54, 1.807) is 0 Å². The van der Waals surface area contributed by atoms with Crippen LogP contribution in [0.3, 0.4) is 0 Å². The molecule has 0 radical (unpaired) electrons. The zero-order valence-electron chi connectivity index (χ0n) is 16.8. The molecule has 2 aromatic rings. The SMILES string of the molecule is CC(=O)NC[C@@H]1CCC[C@@]2(S(=O)(=O)c3ccc(Cl)cc3)c3c(F)ccc(F)c3OC[C@@H]12. The van der Waals surface area contributed by atoms with Crippen molar-refractivity contribution >= 4 is 27.3 Å². The van der Waals surface area contributed by atoms with Crippen LogP contribution in [0.4, 0.5) is 8.78 Å². The Balaban J connectivity index is 1.96. The first-order valence-electron chi connectivity index (χ1n) is 10.0. The Hall–Kier alpha value is -2.19. The topological polar surface area (TPSA) is 72.5 Å². The second-order valence-electron chi connectivity index (χ2n) is 8.09. The quantitative estimate of drug-likeness (QED) is 0.727. The number of carbonyl (C=O) groups excluding carboxylic acids is 1. The van der Waals surface area contributed by atoms with Gasteiger partial charge in [-0.2, -0.15) is 0 Å². The minimum absolute atomic E-state index is 0.0152. The summed E-state index contributed by atoms with van der Waals surface area (Å²) in [5.74, 6) is -3.17. The molecular formula is C22H22ClF2NO4S. The van der Waals surface area contributed by atoms with Crippen LogP contribution in [0.5, 0.6) is 5.75 Å². The molecule has 1 heterocycles. The molecule has 1 fully saturated rings. The molecule has 166 valence electrons. The highest BCUT2D eigenvalue weighted by Crippen LogP contribution is 2.57. The summed E-state index contributed by atoms with van der Waals surface area (Å²) in [4.78, 5) is 11.5. The number of nitrogens with one attached hydrogen (secondary N) is 1. The fraction of sp³-hybridized carbons (Fsp3) is 0.409. The number of halogens is 3. The maximum absolute atomic E-state index is 15.2. The van der Waals surface area contributed by atoms with E-state index in [1.165, 1.54) is 31.2 Å². The number of ether oxygens (including phenoxy) is 1. The van der Waals surface area contributed by atoms with Gasteiger partial charge in [0.1, 0.15) is 10.6 Å².